The van der Waals surface area contributed by atoms with Crippen LogP contribution in [0, 0.1) is 33.6 Å². The van der Waals surface area contributed by atoms with E-state index < -0.39 is 34.1 Å². The zero-order chi connectivity index (χ0) is 36.0. The highest BCUT2D eigenvalue weighted by atomic mass is 32.2. The number of aliphatic hydroxyl groups excluding tert-OH is 1. The molecule has 0 aliphatic carbocycles. The predicted octanol–water partition coefficient (Wildman–Crippen LogP) is 4.66. The molecule has 0 saturated carbocycles. The number of hydrogen-bond donors (Lipinski definition) is 3. The molecule has 0 radical (unpaired) electrons. The van der Waals surface area contributed by atoms with E-state index in [1.54, 1.807) is 52.8 Å². The Kier molecular flexibility index (Phi) is 12.5. The van der Waals surface area contributed by atoms with Gasteiger partial charge < -0.3 is 39.2 Å². The highest BCUT2D eigenvalue weighted by Gasteiger charge is 2.34. The van der Waals surface area contributed by atoms with Crippen molar-refractivity contribution in [3.8, 4) is 5.75 Å². The number of likely N-dealkylation sites (N-methyl/N-ethyl adjacent to an activating group) is 1. The molecule has 2 aromatic heterocycles. The van der Waals surface area contributed by atoms with Crippen molar-refractivity contribution in [3.05, 3.63) is 46.7 Å². The van der Waals surface area contributed by atoms with E-state index in [0.29, 0.717) is 48.0 Å². The second kappa shape index (κ2) is 16.1. The molecule has 0 bridgehead atoms. The summed E-state index contributed by atoms with van der Waals surface area (Å²) in [6, 6.07) is 3.67. The summed E-state index contributed by atoms with van der Waals surface area (Å²) in [5, 5.41) is 23.4. The lowest BCUT2D eigenvalue weighted by Gasteiger charge is -2.35. The van der Waals surface area contributed by atoms with Gasteiger partial charge in [-0.2, -0.15) is 4.31 Å². The number of rotatable bonds is 8. The first kappa shape index (κ1) is 37.8. The Bertz CT molecular complexity index is 1680. The number of fused-ring (bicyclic) bond motifs is 1. The molecule has 1 aliphatic heterocycles. The van der Waals surface area contributed by atoms with E-state index in [0.717, 1.165) is 6.42 Å². The normalized spacial score (nSPS) is 20.3. The molecule has 0 spiro atoms. The van der Waals surface area contributed by atoms with Crippen LogP contribution in [0.2, 0.25) is 0 Å². The summed E-state index contributed by atoms with van der Waals surface area (Å²) in [7, 11) is -2.48. The van der Waals surface area contributed by atoms with Crippen LogP contribution in [0.5, 0.6) is 5.75 Å². The average Bonchev–Trinajstić information content (AvgIpc) is 3.56. The monoisotopic (exact) mass is 704 g/mol. The number of anilines is 2. The van der Waals surface area contributed by atoms with Gasteiger partial charge in [0.1, 0.15) is 27.7 Å². The van der Waals surface area contributed by atoms with Crippen LogP contribution >= 0.6 is 0 Å². The topological polar surface area (TPSA) is 190 Å². The first-order valence-electron chi connectivity index (χ1n) is 16.4. The average molecular weight is 705 g/mol. The van der Waals surface area contributed by atoms with Gasteiger partial charge >= 0.3 is 6.03 Å². The minimum Gasteiger partial charge on any atom is -0.490 e. The maximum absolute atomic E-state index is 14.4. The van der Waals surface area contributed by atoms with Crippen molar-refractivity contribution in [2.75, 3.05) is 44.0 Å². The van der Waals surface area contributed by atoms with E-state index in [1.807, 2.05) is 13.8 Å². The zero-order valence-corrected chi connectivity index (χ0v) is 30.2. The van der Waals surface area contributed by atoms with Gasteiger partial charge in [0.15, 0.2) is 11.5 Å². The SMILES string of the molecule is Cc1noc(C)c1NC(=O)Nc1ccc2c(c1)C(=O)N([C@H](C)CO)C[C@@H](C)[C@H](CN(C)S(=O)(=O)c1c(C)noc1C)OCCCC[C@H](C)O2. The largest absolute Gasteiger partial charge is 0.490 e. The fourth-order valence-corrected chi connectivity index (χ4v) is 7.22. The Morgan fingerprint density at radius 3 is 2.41 bits per heavy atom. The fourth-order valence-electron chi connectivity index (χ4n) is 5.75. The van der Waals surface area contributed by atoms with Crippen molar-refractivity contribution in [2.24, 2.45) is 5.92 Å². The van der Waals surface area contributed by atoms with Gasteiger partial charge in [0.2, 0.25) is 10.0 Å². The Morgan fingerprint density at radius 2 is 1.78 bits per heavy atom. The number of aromatic nitrogens is 2. The van der Waals surface area contributed by atoms with Crippen LogP contribution in [0.3, 0.4) is 0 Å². The number of nitrogens with zero attached hydrogens (tertiary/aromatic N) is 4. The number of nitrogens with one attached hydrogen (secondary N) is 2. The number of carbonyl (C=O) groups excluding carboxylic acids is 2. The molecule has 3 heterocycles. The number of urea groups is 1. The van der Waals surface area contributed by atoms with Gasteiger partial charge in [0.05, 0.1) is 30.4 Å². The van der Waals surface area contributed by atoms with Gasteiger partial charge in [-0.25, -0.2) is 13.2 Å². The minimum atomic E-state index is -3.96. The molecular formula is C33H48N6O9S. The standard InChI is InChI=1S/C33H48N6O9S/c1-19-16-39(20(2)18-40)32(41)27-15-26(34-33(42)35-30-22(4)36-47-24(30)6)12-13-28(27)46-21(3)11-9-10-14-45-29(19)17-38(8)49(43,44)31-23(5)37-48-25(31)7/h12-13,15,19-21,29,40H,9-11,14,16-18H2,1-8H3,(H2,34,35,42)/t19-,20-,21+,29+/m1/s1. The summed E-state index contributed by atoms with van der Waals surface area (Å²) in [5.74, 6) is 0.188. The summed E-state index contributed by atoms with van der Waals surface area (Å²) < 4.78 is 51.2. The van der Waals surface area contributed by atoms with E-state index in [4.69, 9.17) is 18.5 Å². The molecular weight excluding hydrogens is 656 g/mol. The van der Waals surface area contributed by atoms with E-state index >= 15 is 0 Å². The van der Waals surface area contributed by atoms with Crippen molar-refractivity contribution >= 4 is 33.3 Å². The molecule has 49 heavy (non-hydrogen) atoms. The molecule has 0 saturated heterocycles. The van der Waals surface area contributed by atoms with Crippen molar-refractivity contribution in [1.82, 2.24) is 19.5 Å². The Labute approximate surface area is 287 Å². The van der Waals surface area contributed by atoms with Gasteiger partial charge in [-0.05, 0) is 79.0 Å². The van der Waals surface area contributed by atoms with Crippen LogP contribution in [0.25, 0.3) is 0 Å². The molecule has 1 aromatic carbocycles. The summed E-state index contributed by atoms with van der Waals surface area (Å²) >= 11 is 0. The van der Waals surface area contributed by atoms with E-state index in [2.05, 4.69) is 20.9 Å². The van der Waals surface area contributed by atoms with Crippen molar-refractivity contribution in [2.45, 2.75) is 90.9 Å². The molecule has 270 valence electrons. The summed E-state index contributed by atoms with van der Waals surface area (Å²) in [6.45, 7) is 12.2. The lowest BCUT2D eigenvalue weighted by atomic mass is 10.0. The summed E-state index contributed by atoms with van der Waals surface area (Å²) in [5.41, 5.74) is 1.77. The van der Waals surface area contributed by atoms with Gasteiger partial charge in [-0.1, -0.05) is 17.2 Å². The summed E-state index contributed by atoms with van der Waals surface area (Å²) in [6.07, 6.45) is 1.31. The predicted molar refractivity (Wildman–Crippen MR) is 181 cm³/mol. The van der Waals surface area contributed by atoms with E-state index in [1.165, 1.54) is 16.3 Å². The lowest BCUT2D eigenvalue weighted by Crippen LogP contribution is -2.48. The molecule has 4 rings (SSSR count). The van der Waals surface area contributed by atoms with E-state index in [9.17, 15) is 23.1 Å². The highest BCUT2D eigenvalue weighted by Crippen LogP contribution is 2.30. The quantitative estimate of drug-likeness (QED) is 0.296. The molecule has 3 aromatic rings. The third-order valence-corrected chi connectivity index (χ3v) is 10.7. The lowest BCUT2D eigenvalue weighted by molar-refractivity contribution is -0.00835. The van der Waals surface area contributed by atoms with Gasteiger partial charge in [-0.15, -0.1) is 0 Å². The molecule has 4 atom stereocenters. The van der Waals surface area contributed by atoms with Gasteiger partial charge in [-0.3, -0.25) is 4.79 Å². The van der Waals surface area contributed by atoms with Crippen LogP contribution in [-0.2, 0) is 14.8 Å². The molecule has 15 nitrogen and oxygen atoms in total. The smallest absolute Gasteiger partial charge is 0.323 e. The Balaban J connectivity index is 1.64. The van der Waals surface area contributed by atoms with E-state index in [-0.39, 0.29) is 53.6 Å². The Hall–Kier alpha value is -3.99. The minimum absolute atomic E-state index is 0.00745. The van der Waals surface area contributed by atoms with Gasteiger partial charge in [0, 0.05) is 38.3 Å². The van der Waals surface area contributed by atoms with Crippen molar-refractivity contribution in [3.63, 3.8) is 0 Å². The number of ether oxygens (including phenoxy) is 2. The number of hydrogen-bond acceptors (Lipinski definition) is 11. The molecule has 1 aliphatic rings. The second-order valence-corrected chi connectivity index (χ2v) is 14.7. The number of carbonyl (C=O) groups is 2. The molecule has 0 unspecified atom stereocenters. The third-order valence-electron chi connectivity index (χ3n) is 8.65. The fraction of sp³-hybridized carbons (Fsp3) is 0.576. The van der Waals surface area contributed by atoms with Crippen LogP contribution in [-0.4, -0.2) is 96.6 Å². The van der Waals surface area contributed by atoms with Crippen molar-refractivity contribution < 1.29 is 41.6 Å². The van der Waals surface area contributed by atoms with Crippen molar-refractivity contribution in [1.29, 1.82) is 0 Å². The van der Waals surface area contributed by atoms with Crippen LogP contribution in [0.1, 0.15) is 73.3 Å². The van der Waals surface area contributed by atoms with Crippen LogP contribution in [0.15, 0.2) is 32.1 Å². The van der Waals surface area contributed by atoms with Gasteiger partial charge in [0.25, 0.3) is 5.91 Å². The molecule has 0 fully saturated rings. The zero-order valence-electron chi connectivity index (χ0n) is 29.4. The molecule has 3 N–H and O–H groups in total. The van der Waals surface area contributed by atoms with Crippen LogP contribution in [0.4, 0.5) is 16.2 Å². The first-order valence-corrected chi connectivity index (χ1v) is 17.8. The number of benzene rings is 1. The summed E-state index contributed by atoms with van der Waals surface area (Å²) in [4.78, 5) is 28.8. The maximum atomic E-state index is 14.4. The third kappa shape index (κ3) is 8.98. The molecule has 3 amide bonds. The highest BCUT2D eigenvalue weighted by molar-refractivity contribution is 7.89. The number of aryl methyl sites for hydroxylation is 4. The number of amides is 3. The first-order chi connectivity index (χ1) is 23.1. The molecule has 16 heteroatoms. The Morgan fingerprint density at radius 1 is 1.08 bits per heavy atom. The maximum Gasteiger partial charge on any atom is 0.323 e. The number of aliphatic hydroxyl groups is 1. The second-order valence-electron chi connectivity index (χ2n) is 12.7. The van der Waals surface area contributed by atoms with Crippen LogP contribution < -0.4 is 15.4 Å². The number of sulfonamides is 1.